The van der Waals surface area contributed by atoms with Gasteiger partial charge in [-0.05, 0) is 49.9 Å². The lowest BCUT2D eigenvalue weighted by atomic mass is 9.81. The number of benzene rings is 1. The van der Waals surface area contributed by atoms with Gasteiger partial charge in [0.1, 0.15) is 0 Å². The summed E-state index contributed by atoms with van der Waals surface area (Å²) in [6, 6.07) is 5.97. The van der Waals surface area contributed by atoms with E-state index in [2.05, 4.69) is 5.32 Å². The second-order valence-corrected chi connectivity index (χ2v) is 5.35. The van der Waals surface area contributed by atoms with Crippen molar-refractivity contribution >= 4 is 11.7 Å². The zero-order valence-corrected chi connectivity index (χ0v) is 11.1. The smallest absolute Gasteiger partial charge is 0.0769 e. The number of rotatable bonds is 3. The molecular formula is C15H20NO2-. The topological polar surface area (TPSA) is 52.2 Å². The molecule has 1 aliphatic rings. The van der Waals surface area contributed by atoms with E-state index in [9.17, 15) is 9.90 Å². The van der Waals surface area contributed by atoms with Gasteiger partial charge in [0.05, 0.1) is 11.5 Å². The second-order valence-electron chi connectivity index (χ2n) is 5.35. The maximum absolute atomic E-state index is 11.5. The predicted molar refractivity (Wildman–Crippen MR) is 70.4 cm³/mol. The molecule has 1 saturated carbocycles. The first-order valence-electron chi connectivity index (χ1n) is 6.60. The van der Waals surface area contributed by atoms with Crippen LogP contribution in [0.15, 0.2) is 18.2 Å². The fourth-order valence-electron chi connectivity index (χ4n) is 2.63. The number of aliphatic carboxylic acids is 1. The molecule has 0 aromatic heterocycles. The Morgan fingerprint density at radius 2 is 1.83 bits per heavy atom. The molecule has 0 amide bonds. The lowest BCUT2D eigenvalue weighted by Gasteiger charge is -2.40. The van der Waals surface area contributed by atoms with Crippen LogP contribution in [0.4, 0.5) is 5.69 Å². The molecule has 1 aliphatic carbocycles. The van der Waals surface area contributed by atoms with Crippen LogP contribution < -0.4 is 10.4 Å². The number of hydrogen-bond donors (Lipinski definition) is 1. The average molecular weight is 246 g/mol. The van der Waals surface area contributed by atoms with Crippen molar-refractivity contribution in [2.45, 2.75) is 51.5 Å². The Kier molecular flexibility index (Phi) is 3.60. The van der Waals surface area contributed by atoms with Crippen molar-refractivity contribution in [1.82, 2.24) is 0 Å². The number of nitrogens with one attached hydrogen (secondary N) is 1. The van der Waals surface area contributed by atoms with Crippen molar-refractivity contribution in [3.05, 3.63) is 29.3 Å². The van der Waals surface area contributed by atoms with E-state index in [1.165, 1.54) is 11.1 Å². The standard InChI is InChI=1S/C15H21NO2/c1-11-6-7-13(10-12(11)2)16-15(14(17)18)8-4-3-5-9-15/h6-7,10,16H,3-5,8-9H2,1-2H3,(H,17,18)/p-1. The molecule has 1 fully saturated rings. The van der Waals surface area contributed by atoms with E-state index >= 15 is 0 Å². The van der Waals surface area contributed by atoms with Crippen molar-refractivity contribution < 1.29 is 9.90 Å². The van der Waals surface area contributed by atoms with Crippen LogP contribution in [0.1, 0.15) is 43.2 Å². The van der Waals surface area contributed by atoms with Gasteiger partial charge in [0.15, 0.2) is 0 Å². The molecule has 0 aliphatic heterocycles. The molecule has 0 spiro atoms. The summed E-state index contributed by atoms with van der Waals surface area (Å²) in [6.45, 7) is 4.08. The van der Waals surface area contributed by atoms with Gasteiger partial charge in [0, 0.05) is 5.69 Å². The molecule has 0 radical (unpaired) electrons. The van der Waals surface area contributed by atoms with Gasteiger partial charge in [0.25, 0.3) is 0 Å². The van der Waals surface area contributed by atoms with E-state index in [1.807, 2.05) is 32.0 Å². The van der Waals surface area contributed by atoms with E-state index in [0.717, 1.165) is 24.9 Å². The van der Waals surface area contributed by atoms with E-state index in [0.29, 0.717) is 12.8 Å². The highest BCUT2D eigenvalue weighted by molar-refractivity contribution is 5.81. The van der Waals surface area contributed by atoms with Crippen LogP contribution >= 0.6 is 0 Å². The minimum Gasteiger partial charge on any atom is -0.548 e. The SMILES string of the molecule is Cc1ccc(NC2(C(=O)[O-])CCCCC2)cc1C. The maximum Gasteiger partial charge on any atom is 0.0769 e. The Hall–Kier alpha value is -1.51. The molecule has 0 unspecified atom stereocenters. The molecule has 98 valence electrons. The molecule has 3 heteroatoms. The van der Waals surface area contributed by atoms with Crippen LogP contribution in [0.3, 0.4) is 0 Å². The van der Waals surface area contributed by atoms with Gasteiger partial charge in [0.2, 0.25) is 0 Å². The van der Waals surface area contributed by atoms with Gasteiger partial charge < -0.3 is 15.2 Å². The number of carboxylic acids is 1. The van der Waals surface area contributed by atoms with Crippen LogP contribution in [0.25, 0.3) is 0 Å². The quantitative estimate of drug-likeness (QED) is 0.889. The molecule has 1 aromatic rings. The zero-order valence-electron chi connectivity index (χ0n) is 11.1. The van der Waals surface area contributed by atoms with Gasteiger partial charge in [-0.1, -0.05) is 25.3 Å². The second kappa shape index (κ2) is 5.01. The minimum absolute atomic E-state index is 0.655. The summed E-state index contributed by atoms with van der Waals surface area (Å²) in [5.74, 6) is -0.972. The fourth-order valence-corrected chi connectivity index (χ4v) is 2.63. The van der Waals surface area contributed by atoms with Crippen molar-refractivity contribution in [1.29, 1.82) is 0 Å². The first-order valence-corrected chi connectivity index (χ1v) is 6.60. The highest BCUT2D eigenvalue weighted by Crippen LogP contribution is 2.31. The number of anilines is 1. The predicted octanol–water partition coefficient (Wildman–Crippen LogP) is 2.17. The van der Waals surface area contributed by atoms with Gasteiger partial charge >= 0.3 is 0 Å². The summed E-state index contributed by atoms with van der Waals surface area (Å²) < 4.78 is 0. The first kappa shape index (κ1) is 12.9. The van der Waals surface area contributed by atoms with Crippen molar-refractivity contribution in [2.24, 2.45) is 0 Å². The molecule has 2 rings (SSSR count). The van der Waals surface area contributed by atoms with Gasteiger partial charge in [-0.25, -0.2) is 0 Å². The van der Waals surface area contributed by atoms with E-state index in [4.69, 9.17) is 0 Å². The number of hydrogen-bond acceptors (Lipinski definition) is 3. The fraction of sp³-hybridized carbons (Fsp3) is 0.533. The number of aryl methyl sites for hydroxylation is 2. The van der Waals surface area contributed by atoms with Gasteiger partial charge in [-0.3, -0.25) is 0 Å². The summed E-state index contributed by atoms with van der Waals surface area (Å²) in [7, 11) is 0. The summed E-state index contributed by atoms with van der Waals surface area (Å²) in [5.41, 5.74) is 2.39. The molecular weight excluding hydrogens is 226 g/mol. The van der Waals surface area contributed by atoms with Crippen molar-refractivity contribution in [3.8, 4) is 0 Å². The molecule has 18 heavy (non-hydrogen) atoms. The van der Waals surface area contributed by atoms with Crippen molar-refractivity contribution in [2.75, 3.05) is 5.32 Å². The molecule has 1 aromatic carbocycles. The van der Waals surface area contributed by atoms with Gasteiger partial charge in [-0.15, -0.1) is 0 Å². The molecule has 0 bridgehead atoms. The highest BCUT2D eigenvalue weighted by atomic mass is 16.4. The summed E-state index contributed by atoms with van der Waals surface area (Å²) >= 11 is 0. The van der Waals surface area contributed by atoms with Crippen LogP contribution in [0.2, 0.25) is 0 Å². The van der Waals surface area contributed by atoms with E-state index < -0.39 is 11.5 Å². The highest BCUT2D eigenvalue weighted by Gasteiger charge is 2.33. The molecule has 0 heterocycles. The average Bonchev–Trinajstić information content (AvgIpc) is 2.35. The van der Waals surface area contributed by atoms with Gasteiger partial charge in [-0.2, -0.15) is 0 Å². The third-order valence-corrected chi connectivity index (χ3v) is 3.99. The number of carbonyl (C=O) groups excluding carboxylic acids is 1. The maximum atomic E-state index is 11.5. The largest absolute Gasteiger partial charge is 0.548 e. The van der Waals surface area contributed by atoms with E-state index in [-0.39, 0.29) is 0 Å². The minimum atomic E-state index is -0.972. The Balaban J connectivity index is 2.23. The zero-order chi connectivity index (χ0) is 13.2. The molecule has 3 nitrogen and oxygen atoms in total. The van der Waals surface area contributed by atoms with Crippen LogP contribution in [0, 0.1) is 13.8 Å². The Bertz CT molecular complexity index is 448. The molecule has 1 N–H and O–H groups in total. The van der Waals surface area contributed by atoms with Crippen molar-refractivity contribution in [3.63, 3.8) is 0 Å². The summed E-state index contributed by atoms with van der Waals surface area (Å²) in [5, 5.41) is 14.7. The normalized spacial score (nSPS) is 18.3. The number of carboxylic acid groups (broad SMARTS) is 1. The Morgan fingerprint density at radius 3 is 2.39 bits per heavy atom. The third kappa shape index (κ3) is 2.50. The molecule has 0 saturated heterocycles. The monoisotopic (exact) mass is 246 g/mol. The Morgan fingerprint density at radius 1 is 1.17 bits per heavy atom. The van der Waals surface area contributed by atoms with E-state index in [1.54, 1.807) is 0 Å². The Labute approximate surface area is 108 Å². The summed E-state index contributed by atoms with van der Waals surface area (Å²) in [4.78, 5) is 11.5. The third-order valence-electron chi connectivity index (χ3n) is 3.99. The first-order chi connectivity index (χ1) is 8.53. The van der Waals surface area contributed by atoms with Crippen LogP contribution in [-0.4, -0.2) is 11.5 Å². The van der Waals surface area contributed by atoms with Crippen LogP contribution in [0.5, 0.6) is 0 Å². The lowest BCUT2D eigenvalue weighted by Crippen LogP contribution is -2.55. The number of carbonyl (C=O) groups is 1. The molecule has 0 atom stereocenters. The van der Waals surface area contributed by atoms with Crippen LogP contribution in [-0.2, 0) is 4.79 Å². The lowest BCUT2D eigenvalue weighted by molar-refractivity contribution is -0.313. The summed E-state index contributed by atoms with van der Waals surface area (Å²) in [6.07, 6.45) is 4.33.